The number of thiophene rings is 1. The lowest BCUT2D eigenvalue weighted by Gasteiger charge is -2.37. The molecular formula is C43H33NS. The van der Waals surface area contributed by atoms with Crippen molar-refractivity contribution in [2.24, 2.45) is 11.8 Å². The molecule has 3 unspecified atom stereocenters. The summed E-state index contributed by atoms with van der Waals surface area (Å²) in [6.45, 7) is 0. The number of fused-ring (bicyclic) bond motifs is 11. The van der Waals surface area contributed by atoms with Crippen LogP contribution >= 0.6 is 11.3 Å². The highest BCUT2D eigenvalue weighted by molar-refractivity contribution is 7.25. The first kappa shape index (κ1) is 25.6. The van der Waals surface area contributed by atoms with Gasteiger partial charge >= 0.3 is 0 Å². The smallest absolute Gasteiger partial charge is 0.0468 e. The van der Waals surface area contributed by atoms with E-state index in [0.29, 0.717) is 0 Å². The third-order valence-electron chi connectivity index (χ3n) is 11.1. The molecule has 3 aliphatic rings. The van der Waals surface area contributed by atoms with Gasteiger partial charge in [-0.05, 0) is 113 Å². The zero-order chi connectivity index (χ0) is 29.5. The summed E-state index contributed by atoms with van der Waals surface area (Å²) in [5.41, 5.74) is 12.3. The Morgan fingerprint density at radius 1 is 0.533 bits per heavy atom. The number of rotatable bonds is 4. The monoisotopic (exact) mass is 595 g/mol. The minimum absolute atomic E-state index is 0.154. The molecule has 45 heavy (non-hydrogen) atoms. The number of hydrogen-bond acceptors (Lipinski definition) is 2. The van der Waals surface area contributed by atoms with Gasteiger partial charge in [-0.1, -0.05) is 97.4 Å². The third-order valence-corrected chi connectivity index (χ3v) is 12.3. The van der Waals surface area contributed by atoms with Crippen molar-refractivity contribution < 1.29 is 0 Å². The predicted octanol–water partition coefficient (Wildman–Crippen LogP) is 12.3. The van der Waals surface area contributed by atoms with Gasteiger partial charge in [0.15, 0.2) is 0 Å². The van der Waals surface area contributed by atoms with E-state index in [4.69, 9.17) is 0 Å². The Morgan fingerprint density at radius 3 is 2.07 bits per heavy atom. The van der Waals surface area contributed by atoms with Gasteiger partial charge in [0.2, 0.25) is 0 Å². The van der Waals surface area contributed by atoms with Crippen LogP contribution in [0.1, 0.15) is 36.8 Å². The molecule has 0 saturated heterocycles. The third kappa shape index (κ3) is 3.73. The highest BCUT2D eigenvalue weighted by Crippen LogP contribution is 2.66. The maximum Gasteiger partial charge on any atom is 0.0468 e. The van der Waals surface area contributed by atoms with E-state index in [-0.39, 0.29) is 5.41 Å². The molecule has 1 aromatic heterocycles. The topological polar surface area (TPSA) is 3.24 Å². The normalized spacial score (nSPS) is 21.1. The van der Waals surface area contributed by atoms with Gasteiger partial charge in [-0.25, -0.2) is 0 Å². The summed E-state index contributed by atoms with van der Waals surface area (Å²) in [5.74, 6) is 1.60. The van der Waals surface area contributed by atoms with Crippen molar-refractivity contribution in [1.29, 1.82) is 0 Å². The second kappa shape index (κ2) is 9.67. The quantitative estimate of drug-likeness (QED) is 0.196. The molecular weight excluding hydrogens is 563 g/mol. The standard InChI is InChI=1S/C43H33NS/c1-2-8-29(9-3-1)30-15-18-32(19-16-30)44(33-21-23-42-38(25-33)37-11-5-7-13-41(37)45-42)34-20-22-36-35-10-4-6-12-39(35)43(40(36)26-34)27-28-14-17-31(43)24-28/h1-13,15-16,18-23,25-26,28,31H,14,17,24,27H2. The minimum Gasteiger partial charge on any atom is -0.310 e. The molecule has 3 atom stereocenters. The summed E-state index contributed by atoms with van der Waals surface area (Å²) >= 11 is 1.88. The Kier molecular flexibility index (Phi) is 5.51. The molecule has 2 heteroatoms. The van der Waals surface area contributed by atoms with Crippen LogP contribution in [0.15, 0.2) is 140 Å². The number of benzene rings is 6. The fourth-order valence-electron chi connectivity index (χ4n) is 9.25. The molecule has 2 saturated carbocycles. The molecule has 3 aliphatic carbocycles. The van der Waals surface area contributed by atoms with E-state index in [1.54, 1.807) is 11.1 Å². The second-order valence-electron chi connectivity index (χ2n) is 13.4. The van der Waals surface area contributed by atoms with Crippen LogP contribution in [-0.4, -0.2) is 0 Å². The average molecular weight is 596 g/mol. The summed E-state index contributed by atoms with van der Waals surface area (Å²) in [6, 6.07) is 52.4. The van der Waals surface area contributed by atoms with Crippen LogP contribution in [0, 0.1) is 11.8 Å². The fourth-order valence-corrected chi connectivity index (χ4v) is 10.3. The molecule has 2 bridgehead atoms. The first-order chi connectivity index (χ1) is 22.3. The van der Waals surface area contributed by atoms with Gasteiger partial charge in [0.1, 0.15) is 0 Å². The highest BCUT2D eigenvalue weighted by atomic mass is 32.1. The number of anilines is 3. The summed E-state index contributed by atoms with van der Waals surface area (Å²) in [7, 11) is 0. The fraction of sp³-hybridized carbons (Fsp3) is 0.163. The molecule has 6 aromatic carbocycles. The molecule has 0 N–H and O–H groups in total. The second-order valence-corrected chi connectivity index (χ2v) is 14.4. The van der Waals surface area contributed by atoms with Gasteiger partial charge in [-0.2, -0.15) is 0 Å². The van der Waals surface area contributed by atoms with Crippen molar-refractivity contribution in [3.8, 4) is 22.3 Å². The molecule has 7 aromatic rings. The van der Waals surface area contributed by atoms with Crippen LogP contribution in [0.4, 0.5) is 17.1 Å². The summed E-state index contributed by atoms with van der Waals surface area (Å²) in [4.78, 5) is 2.49. The average Bonchev–Trinajstić information content (AvgIpc) is 3.87. The van der Waals surface area contributed by atoms with Gasteiger partial charge in [-0.15, -0.1) is 11.3 Å². The lowest BCUT2D eigenvalue weighted by Crippen LogP contribution is -2.32. The van der Waals surface area contributed by atoms with Crippen molar-refractivity contribution in [3.05, 3.63) is 151 Å². The van der Waals surface area contributed by atoms with Crippen LogP contribution < -0.4 is 4.90 Å². The van der Waals surface area contributed by atoms with Crippen molar-refractivity contribution in [2.45, 2.75) is 31.1 Å². The SMILES string of the molecule is c1ccc(-c2ccc(N(c3ccc4c(c3)C3(CC5CCC3C5)c3ccccc3-4)c3ccc4sc5ccccc5c4c3)cc2)cc1. The van der Waals surface area contributed by atoms with E-state index < -0.39 is 0 Å². The minimum atomic E-state index is 0.154. The molecule has 1 spiro atoms. The van der Waals surface area contributed by atoms with Crippen LogP contribution in [-0.2, 0) is 5.41 Å². The molecule has 1 heterocycles. The van der Waals surface area contributed by atoms with E-state index in [9.17, 15) is 0 Å². The summed E-state index contributed by atoms with van der Waals surface area (Å²) in [5, 5.41) is 2.67. The van der Waals surface area contributed by atoms with Gasteiger partial charge in [0.25, 0.3) is 0 Å². The molecule has 10 rings (SSSR count). The first-order valence-corrected chi connectivity index (χ1v) is 17.2. The van der Waals surface area contributed by atoms with Gasteiger partial charge in [0, 0.05) is 42.6 Å². The Balaban J connectivity index is 1.17. The van der Waals surface area contributed by atoms with Gasteiger partial charge < -0.3 is 4.90 Å². The van der Waals surface area contributed by atoms with Crippen LogP contribution in [0.25, 0.3) is 42.4 Å². The zero-order valence-corrected chi connectivity index (χ0v) is 25.9. The number of nitrogens with zero attached hydrogens (tertiary/aromatic N) is 1. The summed E-state index contributed by atoms with van der Waals surface area (Å²) in [6.07, 6.45) is 5.43. The molecule has 0 aliphatic heterocycles. The van der Waals surface area contributed by atoms with Gasteiger partial charge in [0.05, 0.1) is 0 Å². The Morgan fingerprint density at radius 2 is 1.22 bits per heavy atom. The maximum absolute atomic E-state index is 2.57. The highest BCUT2D eigenvalue weighted by Gasteiger charge is 2.56. The van der Waals surface area contributed by atoms with E-state index in [1.165, 1.54) is 85.2 Å². The van der Waals surface area contributed by atoms with Crippen molar-refractivity contribution in [1.82, 2.24) is 0 Å². The Labute approximate surface area is 268 Å². The van der Waals surface area contributed by atoms with Gasteiger partial charge in [-0.3, -0.25) is 0 Å². The Hall–Kier alpha value is -4.66. The van der Waals surface area contributed by atoms with E-state index in [1.807, 2.05) is 11.3 Å². The molecule has 1 nitrogen and oxygen atoms in total. The largest absolute Gasteiger partial charge is 0.310 e. The van der Waals surface area contributed by atoms with Crippen molar-refractivity contribution in [2.75, 3.05) is 4.90 Å². The first-order valence-electron chi connectivity index (χ1n) is 16.4. The lowest BCUT2D eigenvalue weighted by molar-refractivity contribution is 0.327. The molecule has 0 radical (unpaired) electrons. The van der Waals surface area contributed by atoms with E-state index in [0.717, 1.165) is 11.8 Å². The maximum atomic E-state index is 2.57. The Bertz CT molecular complexity index is 2240. The predicted molar refractivity (Wildman–Crippen MR) is 191 cm³/mol. The number of hydrogen-bond donors (Lipinski definition) is 0. The molecule has 2 fully saturated rings. The van der Waals surface area contributed by atoms with Crippen molar-refractivity contribution >= 4 is 48.6 Å². The molecule has 0 amide bonds. The van der Waals surface area contributed by atoms with Crippen LogP contribution in [0.5, 0.6) is 0 Å². The molecule has 216 valence electrons. The van der Waals surface area contributed by atoms with Crippen molar-refractivity contribution in [3.63, 3.8) is 0 Å². The van der Waals surface area contributed by atoms with Crippen LogP contribution in [0.3, 0.4) is 0 Å². The summed E-state index contributed by atoms with van der Waals surface area (Å²) < 4.78 is 2.68. The lowest BCUT2D eigenvalue weighted by atomic mass is 9.67. The zero-order valence-electron chi connectivity index (χ0n) is 25.1. The van der Waals surface area contributed by atoms with E-state index >= 15 is 0 Å². The van der Waals surface area contributed by atoms with E-state index in [2.05, 4.69) is 144 Å². The van der Waals surface area contributed by atoms with Crippen LogP contribution in [0.2, 0.25) is 0 Å².